The van der Waals surface area contributed by atoms with Gasteiger partial charge >= 0.3 is 0 Å². The zero-order valence-electron chi connectivity index (χ0n) is 62.8. The Morgan fingerprint density at radius 1 is 0.500 bits per heavy atom. The Labute approximate surface area is 628 Å². The molecule has 35 nitrogen and oxygen atoms in total. The minimum absolute atomic E-state index is 0.00559. The summed E-state index contributed by atoms with van der Waals surface area (Å²) >= 11 is 0. The van der Waals surface area contributed by atoms with Gasteiger partial charge < -0.3 is 106 Å². The van der Waals surface area contributed by atoms with Crippen LogP contribution in [0.25, 0.3) is 0 Å². The smallest absolute Gasteiger partial charge is 0.246 e. The first-order chi connectivity index (χ1) is 50.2. The Bertz CT molecular complexity index is 3190. The van der Waals surface area contributed by atoms with Gasteiger partial charge in [-0.3, -0.25) is 72.1 Å². The first kappa shape index (κ1) is 87.3. The summed E-state index contributed by atoms with van der Waals surface area (Å²) in [5, 5.41) is 51.0. The molecule has 6 rings (SSSR count). The number of aliphatic imine (C=N–C) groups is 1. The second kappa shape index (κ2) is 40.5. The largest absolute Gasteiger partial charge is 0.394 e. The maximum atomic E-state index is 15.7. The number of hydrogen-bond acceptors (Lipinski definition) is 21. The molecule has 0 spiro atoms. The first-order valence-electron chi connectivity index (χ1n) is 37.5. The summed E-state index contributed by atoms with van der Waals surface area (Å²) < 4.78 is -1.53. The molecule has 37 heteroatoms. The van der Waals surface area contributed by atoms with Gasteiger partial charge in [0.1, 0.15) is 84.6 Å². The number of amides is 14. The number of hydrogen-bond donors (Lipinski definition) is 17. The van der Waals surface area contributed by atoms with E-state index >= 15 is 33.6 Å². The molecular formula is C69H117N19O16S2. The average molecular weight is 1530 g/mol. The van der Waals surface area contributed by atoms with Crippen LogP contribution in [0.5, 0.6) is 0 Å². The van der Waals surface area contributed by atoms with E-state index in [4.69, 9.17) is 22.9 Å². The van der Waals surface area contributed by atoms with Gasteiger partial charge in [0.15, 0.2) is 5.96 Å². The molecule has 0 unspecified atom stereocenters. The number of aliphatic hydroxyl groups is 2. The summed E-state index contributed by atoms with van der Waals surface area (Å²) in [7, 11) is 1.84. The third kappa shape index (κ3) is 22.5. The summed E-state index contributed by atoms with van der Waals surface area (Å²) in [6.45, 7) is 14.0. The van der Waals surface area contributed by atoms with Gasteiger partial charge in [0.25, 0.3) is 0 Å². The predicted octanol–water partition coefficient (Wildman–Crippen LogP) is -4.21. The first-order valence-corrected chi connectivity index (χ1v) is 39.8. The Balaban J connectivity index is 1.54. The standard InChI is InChI=1S/C69H117N19O16S2/c1-11-35(6)50-62(99)81-45-33-105-106-69(9,10)53(64(101)84-52(37(8)13-3)67(104)86-25-17-22-47(86)60(97)78-41(29-70)55(92)77-42(30-71)56(93)82-50)85-63(100)51(36(7)12-2)83-61(98)49-28-38-19-14-15-21-46(38)88(49)66(103)48-23-18-26-87(48)65(102)40(27-34(4)5)76-58(95)44(32-90)79-54(91)39(20-16-24-74-68(72)73)75-57(94)43(31-89)80-59(45)96/h34-53,89-90H,11-33,70-71H2,1-10H3,(H,75,94)(H,76,95)(H,77,92)(H,78,97)(H,79,91)(H,80,96)(H,81,99)(H,82,93)(H,83,98)(H,84,101)(H,85,100)(H4,72,73,74)/t35-,36-,37-,38-,39-,40-,41-,42-,43-,44-,45-,46-,47-,48-,49-,50-,51-,52-,53+/m0/s1. The highest BCUT2D eigenvalue weighted by Gasteiger charge is 2.53. The monoisotopic (exact) mass is 1530 g/mol. The fourth-order valence-corrected chi connectivity index (χ4v) is 17.3. The summed E-state index contributed by atoms with van der Waals surface area (Å²) in [6.07, 6.45) is 4.69. The van der Waals surface area contributed by atoms with Crippen LogP contribution >= 0.6 is 21.6 Å². The molecule has 5 saturated heterocycles. The molecule has 0 aromatic rings. The van der Waals surface area contributed by atoms with Crippen LogP contribution in [0.3, 0.4) is 0 Å². The van der Waals surface area contributed by atoms with E-state index in [1.165, 1.54) is 9.80 Å². The third-order valence-electron chi connectivity index (χ3n) is 21.3. The molecule has 14 amide bonds. The molecule has 0 aromatic heterocycles. The van der Waals surface area contributed by atoms with Crippen LogP contribution in [0.15, 0.2) is 4.99 Å². The van der Waals surface area contributed by atoms with Crippen molar-refractivity contribution in [2.24, 2.45) is 57.5 Å². The third-order valence-corrected chi connectivity index (χ3v) is 24.6. The quantitative estimate of drug-likeness (QED) is 0.0301. The number of guanidine groups is 1. The normalized spacial score (nSPS) is 31.8. The second-order valence-corrected chi connectivity index (χ2v) is 32.9. The molecule has 596 valence electrons. The topological polar surface area (TPSA) is 538 Å². The van der Waals surface area contributed by atoms with Crippen molar-refractivity contribution in [1.82, 2.24) is 73.2 Å². The van der Waals surface area contributed by atoms with Crippen molar-refractivity contribution in [3.8, 4) is 0 Å². The molecule has 0 radical (unpaired) electrons. The molecule has 5 aliphatic heterocycles. The number of carbonyl (C=O) groups excluding carboxylic acids is 14. The lowest BCUT2D eigenvalue weighted by molar-refractivity contribution is -0.150. The van der Waals surface area contributed by atoms with Crippen molar-refractivity contribution < 1.29 is 77.3 Å². The highest BCUT2D eigenvalue weighted by atomic mass is 33.1. The van der Waals surface area contributed by atoms with E-state index in [1.807, 2.05) is 0 Å². The fourth-order valence-electron chi connectivity index (χ4n) is 14.5. The minimum atomic E-state index is -1.91. The van der Waals surface area contributed by atoms with E-state index in [-0.39, 0.29) is 82.4 Å². The van der Waals surface area contributed by atoms with Gasteiger partial charge in [-0.1, -0.05) is 109 Å². The highest BCUT2D eigenvalue weighted by molar-refractivity contribution is 8.77. The van der Waals surface area contributed by atoms with Gasteiger partial charge in [0.2, 0.25) is 82.7 Å². The molecule has 1 saturated carbocycles. The van der Waals surface area contributed by atoms with Crippen LogP contribution in [-0.4, -0.2) is 261 Å². The number of carbonyl (C=O) groups is 14. The van der Waals surface area contributed by atoms with E-state index in [0.29, 0.717) is 38.5 Å². The van der Waals surface area contributed by atoms with Gasteiger partial charge in [0, 0.05) is 49.3 Å². The number of nitrogens with one attached hydrogen (secondary N) is 11. The van der Waals surface area contributed by atoms with E-state index in [1.54, 1.807) is 74.1 Å². The van der Waals surface area contributed by atoms with E-state index in [9.17, 15) is 43.8 Å². The Morgan fingerprint density at radius 3 is 1.53 bits per heavy atom. The molecule has 21 N–H and O–H groups in total. The maximum Gasteiger partial charge on any atom is 0.246 e. The summed E-state index contributed by atoms with van der Waals surface area (Å²) in [5.41, 5.74) is 23.3. The van der Waals surface area contributed by atoms with Crippen molar-refractivity contribution in [2.45, 2.75) is 261 Å². The number of fused-ring (bicyclic) bond motifs is 10. The van der Waals surface area contributed by atoms with Crippen molar-refractivity contribution in [3.05, 3.63) is 0 Å². The van der Waals surface area contributed by atoms with Crippen LogP contribution in [0.2, 0.25) is 0 Å². The van der Waals surface area contributed by atoms with Crippen LogP contribution in [0.4, 0.5) is 0 Å². The highest BCUT2D eigenvalue weighted by Crippen LogP contribution is 2.42. The zero-order valence-corrected chi connectivity index (χ0v) is 64.5. The number of nitrogens with two attached hydrogens (primary N) is 4. The molecule has 19 atom stereocenters. The maximum absolute atomic E-state index is 15.7. The van der Waals surface area contributed by atoms with Gasteiger partial charge in [-0.05, 0) is 108 Å². The van der Waals surface area contributed by atoms with Crippen LogP contribution in [-0.2, 0) is 67.1 Å². The van der Waals surface area contributed by atoms with Gasteiger partial charge in [-0.25, -0.2) is 0 Å². The van der Waals surface area contributed by atoms with Crippen molar-refractivity contribution >= 4 is 110 Å². The molecular weight excluding hydrogens is 1420 g/mol. The molecule has 6 aliphatic rings. The Hall–Kier alpha value is -7.61. The zero-order chi connectivity index (χ0) is 78.6. The molecule has 5 heterocycles. The fraction of sp³-hybridized carbons (Fsp3) is 0.783. The lowest BCUT2D eigenvalue weighted by Gasteiger charge is -2.39. The summed E-state index contributed by atoms with van der Waals surface area (Å²) in [5.74, 6) is -15.3. The van der Waals surface area contributed by atoms with Crippen LogP contribution < -0.4 is 81.4 Å². The van der Waals surface area contributed by atoms with Crippen molar-refractivity contribution in [2.75, 3.05) is 51.7 Å². The van der Waals surface area contributed by atoms with E-state index < -0.39 is 228 Å². The lowest BCUT2D eigenvalue weighted by atomic mass is 9.84. The van der Waals surface area contributed by atoms with Crippen molar-refractivity contribution in [3.63, 3.8) is 0 Å². The van der Waals surface area contributed by atoms with E-state index in [2.05, 4.69) is 63.5 Å². The number of aliphatic hydroxyl groups excluding tert-OH is 2. The van der Waals surface area contributed by atoms with Crippen LogP contribution in [0, 0.1) is 29.6 Å². The summed E-state index contributed by atoms with van der Waals surface area (Å²) in [6, 6.07) is -21.1. The van der Waals surface area contributed by atoms with Gasteiger partial charge in [-0.15, -0.1) is 0 Å². The van der Waals surface area contributed by atoms with Gasteiger partial charge in [-0.2, -0.15) is 0 Å². The molecule has 1 aliphatic carbocycles. The lowest BCUT2D eigenvalue weighted by Crippen LogP contribution is -2.65. The van der Waals surface area contributed by atoms with E-state index in [0.717, 1.165) is 34.4 Å². The Kier molecular flexibility index (Phi) is 33.4. The number of rotatable bonds is 16. The van der Waals surface area contributed by atoms with Gasteiger partial charge in [0.05, 0.1) is 13.2 Å². The average Bonchev–Trinajstić information content (AvgIpc) is 1.61. The molecule has 2 bridgehead atoms. The SMILES string of the molecule is CC[C@H](C)[C@@H]1NC(=O)[C@H](CN)NC(=O)[C@H](CN)NC(=O)[C@@H]2CCCN2C(=O)[C@H]([C@@H](C)CC)NC(=O)[C@H]2NC(=O)[C@H]([C@@H](C)CC)NC(=O)[C@@H]3C[C@@H]4CCCC[C@@H]4N3C(=O)[C@@H]3CCCN3C(=O)[C@H](CC(C)C)NC(=O)[C@H](CO)NC(=O)[C@H](CCCN=C(N)N)NC(=O)[C@H](CO)NC(=O)[C@H](CSSC2(C)C)NC1=O. The molecule has 6 fully saturated rings. The summed E-state index contributed by atoms with van der Waals surface area (Å²) in [4.78, 5) is 217. The van der Waals surface area contributed by atoms with Crippen molar-refractivity contribution in [1.29, 1.82) is 0 Å². The number of nitrogens with zero attached hydrogens (tertiary/aromatic N) is 4. The molecule has 106 heavy (non-hydrogen) atoms. The Morgan fingerprint density at radius 2 is 0.962 bits per heavy atom. The molecule has 0 aromatic carbocycles. The second-order valence-electron chi connectivity index (χ2n) is 29.9. The van der Waals surface area contributed by atoms with Crippen LogP contribution in [0.1, 0.15) is 166 Å². The predicted molar refractivity (Wildman–Crippen MR) is 396 cm³/mol. The minimum Gasteiger partial charge on any atom is -0.394 e.